The number of halogens is 1. The van der Waals surface area contributed by atoms with Crippen molar-refractivity contribution >= 4 is 39.6 Å². The molecule has 0 aliphatic carbocycles. The Balaban J connectivity index is 2.17. The molecule has 0 aromatic heterocycles. The van der Waals surface area contributed by atoms with Crippen LogP contribution in [0.5, 0.6) is 0 Å². The monoisotopic (exact) mass is 425 g/mol. The van der Waals surface area contributed by atoms with Crippen molar-refractivity contribution < 1.29 is 14.3 Å². The maximum atomic E-state index is 13.3. The molecule has 4 nitrogen and oxygen atoms in total. The highest BCUT2D eigenvalue weighted by Gasteiger charge is 2.38. The van der Waals surface area contributed by atoms with Gasteiger partial charge in [0.25, 0.3) is 5.91 Å². The molecule has 138 valence electrons. The van der Waals surface area contributed by atoms with E-state index in [0.717, 1.165) is 26.9 Å². The molecule has 27 heavy (non-hydrogen) atoms. The average Bonchev–Trinajstić information content (AvgIpc) is 2.89. The Morgan fingerprint density at radius 2 is 1.78 bits per heavy atom. The third-order valence-electron chi connectivity index (χ3n) is 4.74. The summed E-state index contributed by atoms with van der Waals surface area (Å²) in [6.07, 6.45) is 1.73. The number of esters is 1. The molecule has 0 fully saturated rings. The molecule has 2 aromatic carbocycles. The molecule has 1 amide bonds. The van der Waals surface area contributed by atoms with E-state index in [1.54, 1.807) is 17.9 Å². The van der Waals surface area contributed by atoms with Crippen LogP contribution in [0.15, 0.2) is 63.8 Å². The van der Waals surface area contributed by atoms with Gasteiger partial charge in [0.2, 0.25) is 0 Å². The first-order valence-corrected chi connectivity index (χ1v) is 9.32. The Morgan fingerprint density at radius 1 is 1.07 bits per heavy atom. The number of hydrogen-bond acceptors (Lipinski definition) is 3. The number of aryl methyl sites for hydroxylation is 2. The molecule has 1 heterocycles. The van der Waals surface area contributed by atoms with Crippen LogP contribution in [0.4, 0.5) is 5.69 Å². The van der Waals surface area contributed by atoms with Crippen LogP contribution >= 0.6 is 15.9 Å². The highest BCUT2D eigenvalue weighted by Crippen LogP contribution is 2.36. The number of hydrogen-bond donors (Lipinski definition) is 0. The van der Waals surface area contributed by atoms with Crippen molar-refractivity contribution in [2.24, 2.45) is 0 Å². The average molecular weight is 426 g/mol. The van der Waals surface area contributed by atoms with E-state index in [2.05, 4.69) is 15.9 Å². The third-order valence-corrected chi connectivity index (χ3v) is 5.47. The normalized spacial score (nSPS) is 15.7. The summed E-state index contributed by atoms with van der Waals surface area (Å²) in [6.45, 7) is 5.78. The van der Waals surface area contributed by atoms with Gasteiger partial charge in [0.15, 0.2) is 0 Å². The van der Waals surface area contributed by atoms with Gasteiger partial charge in [-0.25, -0.2) is 4.79 Å². The van der Waals surface area contributed by atoms with Crippen LogP contribution in [0.25, 0.3) is 6.08 Å². The van der Waals surface area contributed by atoms with E-state index in [1.165, 1.54) is 7.11 Å². The Kier molecular flexibility index (Phi) is 5.33. The minimum absolute atomic E-state index is 0.244. The van der Waals surface area contributed by atoms with Gasteiger partial charge < -0.3 is 4.74 Å². The third kappa shape index (κ3) is 3.47. The molecule has 0 atom stereocenters. The van der Waals surface area contributed by atoms with Gasteiger partial charge in [0.05, 0.1) is 18.3 Å². The highest BCUT2D eigenvalue weighted by atomic mass is 79.9. The zero-order valence-electron chi connectivity index (χ0n) is 15.7. The first-order chi connectivity index (χ1) is 12.8. The number of methoxy groups -OCH3 is 1. The van der Waals surface area contributed by atoms with Crippen molar-refractivity contribution in [2.45, 2.75) is 20.8 Å². The van der Waals surface area contributed by atoms with Crippen molar-refractivity contribution in [1.29, 1.82) is 0 Å². The molecule has 3 rings (SSSR count). The predicted octanol–water partition coefficient (Wildman–Crippen LogP) is 4.94. The quantitative estimate of drug-likeness (QED) is 0.516. The van der Waals surface area contributed by atoms with E-state index in [9.17, 15) is 9.59 Å². The number of amides is 1. The molecule has 2 aromatic rings. The van der Waals surface area contributed by atoms with Crippen LogP contribution in [-0.2, 0) is 14.3 Å². The van der Waals surface area contributed by atoms with Gasteiger partial charge in [-0.3, -0.25) is 9.69 Å². The second-order valence-electron chi connectivity index (χ2n) is 6.44. The summed E-state index contributed by atoms with van der Waals surface area (Å²) in [5, 5.41) is 0. The van der Waals surface area contributed by atoms with E-state index in [1.807, 2.05) is 56.3 Å². The van der Waals surface area contributed by atoms with E-state index in [-0.39, 0.29) is 11.5 Å². The Bertz CT molecular complexity index is 1000. The lowest BCUT2D eigenvalue weighted by atomic mass is 10.0. The number of anilines is 1. The molecular formula is C22H20BrNO3. The molecule has 0 radical (unpaired) electrons. The summed E-state index contributed by atoms with van der Waals surface area (Å²) in [7, 11) is 1.32. The maximum Gasteiger partial charge on any atom is 0.340 e. The fraction of sp³-hybridized carbons (Fsp3) is 0.182. The second-order valence-corrected chi connectivity index (χ2v) is 7.29. The SMILES string of the molecule is COC(=O)C1=C(C)N(c2ccc(C)c(C)c2)C(=O)/C1=C\c1ccccc1Br. The molecule has 1 aliphatic heterocycles. The summed E-state index contributed by atoms with van der Waals surface area (Å²) < 4.78 is 5.79. The lowest BCUT2D eigenvalue weighted by Gasteiger charge is -2.19. The topological polar surface area (TPSA) is 46.6 Å². The summed E-state index contributed by atoms with van der Waals surface area (Å²) in [5.74, 6) is -0.766. The van der Waals surface area contributed by atoms with Gasteiger partial charge >= 0.3 is 5.97 Å². The van der Waals surface area contributed by atoms with Crippen LogP contribution in [0.2, 0.25) is 0 Å². The zero-order chi connectivity index (χ0) is 19.7. The van der Waals surface area contributed by atoms with Crippen molar-refractivity contribution in [1.82, 2.24) is 0 Å². The molecular weight excluding hydrogens is 406 g/mol. The van der Waals surface area contributed by atoms with E-state index < -0.39 is 5.97 Å². The molecule has 0 bridgehead atoms. The molecule has 0 spiro atoms. The minimum atomic E-state index is -0.523. The molecule has 0 unspecified atom stereocenters. The Morgan fingerprint density at radius 3 is 2.41 bits per heavy atom. The summed E-state index contributed by atoms with van der Waals surface area (Å²) >= 11 is 3.49. The number of benzene rings is 2. The van der Waals surface area contributed by atoms with Crippen LogP contribution in [0.1, 0.15) is 23.6 Å². The standard InChI is InChI=1S/C22H20BrNO3/c1-13-9-10-17(11-14(13)2)24-15(3)20(22(26)27-4)18(21(24)25)12-16-7-5-6-8-19(16)23/h5-12H,1-4H3/b18-12-. The van der Waals surface area contributed by atoms with Gasteiger partial charge in [-0.05, 0) is 61.7 Å². The minimum Gasteiger partial charge on any atom is -0.465 e. The first kappa shape index (κ1) is 19.1. The summed E-state index contributed by atoms with van der Waals surface area (Å²) in [4.78, 5) is 27.3. The van der Waals surface area contributed by atoms with E-state index in [0.29, 0.717) is 11.3 Å². The first-order valence-electron chi connectivity index (χ1n) is 8.52. The van der Waals surface area contributed by atoms with Crippen molar-refractivity contribution in [2.75, 3.05) is 12.0 Å². The fourth-order valence-corrected chi connectivity index (χ4v) is 3.50. The fourth-order valence-electron chi connectivity index (χ4n) is 3.10. The number of carbonyl (C=O) groups excluding carboxylic acids is 2. The van der Waals surface area contributed by atoms with Gasteiger partial charge in [-0.15, -0.1) is 0 Å². The molecule has 1 aliphatic rings. The van der Waals surface area contributed by atoms with Crippen LogP contribution in [0, 0.1) is 13.8 Å². The largest absolute Gasteiger partial charge is 0.465 e. The Hall–Kier alpha value is -2.66. The lowest BCUT2D eigenvalue weighted by Crippen LogP contribution is -2.24. The van der Waals surface area contributed by atoms with Gasteiger partial charge in [-0.1, -0.05) is 40.2 Å². The predicted molar refractivity (Wildman–Crippen MR) is 110 cm³/mol. The maximum absolute atomic E-state index is 13.3. The number of nitrogens with zero attached hydrogens (tertiary/aromatic N) is 1. The van der Waals surface area contributed by atoms with Crippen LogP contribution in [-0.4, -0.2) is 19.0 Å². The van der Waals surface area contributed by atoms with Gasteiger partial charge in [0.1, 0.15) is 0 Å². The van der Waals surface area contributed by atoms with Crippen molar-refractivity contribution in [3.63, 3.8) is 0 Å². The van der Waals surface area contributed by atoms with Crippen LogP contribution in [0.3, 0.4) is 0 Å². The smallest absolute Gasteiger partial charge is 0.340 e. The van der Waals surface area contributed by atoms with Crippen molar-refractivity contribution in [3.8, 4) is 0 Å². The van der Waals surface area contributed by atoms with Gasteiger partial charge in [0, 0.05) is 15.9 Å². The lowest BCUT2D eigenvalue weighted by molar-refractivity contribution is -0.136. The van der Waals surface area contributed by atoms with Crippen LogP contribution < -0.4 is 4.90 Å². The number of allylic oxidation sites excluding steroid dienone is 1. The molecule has 0 saturated carbocycles. The Labute approximate surface area is 167 Å². The zero-order valence-corrected chi connectivity index (χ0v) is 17.3. The summed E-state index contributed by atoms with van der Waals surface area (Å²) in [6, 6.07) is 13.4. The van der Waals surface area contributed by atoms with E-state index >= 15 is 0 Å². The second kappa shape index (κ2) is 7.53. The molecule has 0 saturated heterocycles. The van der Waals surface area contributed by atoms with Crippen molar-refractivity contribution in [3.05, 3.63) is 80.5 Å². The number of rotatable bonds is 3. The number of ether oxygens (including phenoxy) is 1. The highest BCUT2D eigenvalue weighted by molar-refractivity contribution is 9.10. The summed E-state index contributed by atoms with van der Waals surface area (Å²) in [5.41, 5.74) is 4.95. The molecule has 0 N–H and O–H groups in total. The molecule has 5 heteroatoms. The number of carbonyl (C=O) groups is 2. The van der Waals surface area contributed by atoms with E-state index in [4.69, 9.17) is 4.74 Å². The van der Waals surface area contributed by atoms with Gasteiger partial charge in [-0.2, -0.15) is 0 Å².